The van der Waals surface area contributed by atoms with Crippen molar-refractivity contribution in [3.8, 4) is 0 Å². The summed E-state index contributed by atoms with van der Waals surface area (Å²) in [5.74, 6) is 0. The predicted molar refractivity (Wildman–Crippen MR) is 47.9 cm³/mol. The molecule has 1 fully saturated rings. The van der Waals surface area contributed by atoms with Crippen LogP contribution in [0.1, 0.15) is 46.0 Å². The van der Waals surface area contributed by atoms with E-state index in [1.807, 2.05) is 13.8 Å². The summed E-state index contributed by atoms with van der Waals surface area (Å²) in [6.45, 7) is 3.97. The van der Waals surface area contributed by atoms with Crippen LogP contribution in [-0.2, 0) is 0 Å². The fraction of sp³-hybridized carbons (Fsp3) is 1.00. The van der Waals surface area contributed by atoms with E-state index in [-0.39, 0.29) is 18.3 Å². The van der Waals surface area contributed by atoms with E-state index < -0.39 is 11.8 Å². The topological polar surface area (TPSA) is 20.2 Å². The number of hydrogen-bond acceptors (Lipinski definition) is 1. The van der Waals surface area contributed by atoms with Crippen molar-refractivity contribution in [1.29, 1.82) is 0 Å². The van der Waals surface area contributed by atoms with Crippen molar-refractivity contribution in [3.63, 3.8) is 0 Å². The Hall–Kier alpha value is -0.250. The van der Waals surface area contributed by atoms with Gasteiger partial charge in [0.05, 0.1) is 0 Å². The summed E-state index contributed by atoms with van der Waals surface area (Å²) in [6, 6.07) is 0. The molecule has 1 nitrogen and oxygen atoms in total. The fourth-order valence-electron chi connectivity index (χ4n) is 1.90. The van der Waals surface area contributed by atoms with Gasteiger partial charge in [0.15, 0.2) is 5.60 Å². The van der Waals surface area contributed by atoms with Gasteiger partial charge in [-0.1, -0.05) is 20.3 Å². The molecule has 14 heavy (non-hydrogen) atoms. The Balaban J connectivity index is 2.67. The van der Waals surface area contributed by atoms with Crippen LogP contribution in [0.4, 0.5) is 13.2 Å². The second kappa shape index (κ2) is 3.40. The van der Waals surface area contributed by atoms with Crippen molar-refractivity contribution in [2.45, 2.75) is 57.7 Å². The molecule has 1 aliphatic rings. The van der Waals surface area contributed by atoms with E-state index in [9.17, 15) is 18.3 Å². The highest BCUT2D eigenvalue weighted by atomic mass is 19.4. The van der Waals surface area contributed by atoms with E-state index in [2.05, 4.69) is 0 Å². The molecule has 0 heterocycles. The van der Waals surface area contributed by atoms with Crippen molar-refractivity contribution in [2.24, 2.45) is 5.41 Å². The Morgan fingerprint density at radius 3 is 1.86 bits per heavy atom. The normalized spacial score (nSPS) is 39.9. The Morgan fingerprint density at radius 1 is 1.14 bits per heavy atom. The van der Waals surface area contributed by atoms with Crippen molar-refractivity contribution in [2.75, 3.05) is 0 Å². The van der Waals surface area contributed by atoms with Crippen molar-refractivity contribution in [1.82, 2.24) is 0 Å². The lowest BCUT2D eigenvalue weighted by molar-refractivity contribution is -0.275. The first-order chi connectivity index (χ1) is 6.22. The van der Waals surface area contributed by atoms with Gasteiger partial charge in [0.2, 0.25) is 0 Å². The second-order valence-electron chi connectivity index (χ2n) is 4.69. The summed E-state index contributed by atoms with van der Waals surface area (Å²) in [4.78, 5) is 0. The minimum absolute atomic E-state index is 0.0164. The maximum atomic E-state index is 12.4. The Morgan fingerprint density at radius 2 is 1.57 bits per heavy atom. The lowest BCUT2D eigenvalue weighted by Gasteiger charge is -2.42. The average Bonchev–Trinajstić information content (AvgIpc) is 2.09. The van der Waals surface area contributed by atoms with Gasteiger partial charge in [-0.2, -0.15) is 13.2 Å². The molecule has 0 bridgehead atoms. The third-order valence-corrected chi connectivity index (χ3v) is 3.67. The minimum atomic E-state index is -4.47. The lowest BCUT2D eigenvalue weighted by Crippen LogP contribution is -2.49. The fourth-order valence-corrected chi connectivity index (χ4v) is 1.90. The number of alkyl halides is 3. The summed E-state index contributed by atoms with van der Waals surface area (Å²) in [7, 11) is 0. The van der Waals surface area contributed by atoms with Crippen LogP contribution in [0.3, 0.4) is 0 Å². The highest BCUT2D eigenvalue weighted by molar-refractivity contribution is 4.94. The minimum Gasteiger partial charge on any atom is -0.380 e. The van der Waals surface area contributed by atoms with Gasteiger partial charge in [0.25, 0.3) is 0 Å². The van der Waals surface area contributed by atoms with Crippen LogP contribution in [0, 0.1) is 5.41 Å². The molecule has 0 atom stereocenters. The SMILES string of the molecule is CCC1(C)CCC(O)(C(F)(F)F)CC1. The van der Waals surface area contributed by atoms with Gasteiger partial charge in [-0.3, -0.25) is 0 Å². The molecule has 4 heteroatoms. The number of halogens is 3. The molecule has 0 unspecified atom stereocenters. The molecule has 0 radical (unpaired) electrons. The predicted octanol–water partition coefficient (Wildman–Crippen LogP) is 3.27. The molecule has 1 aliphatic carbocycles. The van der Waals surface area contributed by atoms with Crippen LogP contribution in [-0.4, -0.2) is 16.9 Å². The van der Waals surface area contributed by atoms with Gasteiger partial charge in [-0.05, 0) is 31.1 Å². The first-order valence-electron chi connectivity index (χ1n) is 5.02. The lowest BCUT2D eigenvalue weighted by atomic mass is 9.68. The molecule has 1 N–H and O–H groups in total. The van der Waals surface area contributed by atoms with Crippen molar-refractivity contribution in [3.05, 3.63) is 0 Å². The summed E-state index contributed by atoms with van der Waals surface area (Å²) in [5, 5.41) is 9.41. The largest absolute Gasteiger partial charge is 0.417 e. The quantitative estimate of drug-likeness (QED) is 0.704. The maximum absolute atomic E-state index is 12.4. The molecule has 0 spiro atoms. The highest BCUT2D eigenvalue weighted by Crippen LogP contribution is 2.48. The van der Waals surface area contributed by atoms with E-state index in [0.29, 0.717) is 12.8 Å². The average molecular weight is 210 g/mol. The van der Waals surface area contributed by atoms with Crippen LogP contribution in [0.15, 0.2) is 0 Å². The van der Waals surface area contributed by atoms with Gasteiger partial charge in [-0.15, -0.1) is 0 Å². The molecule has 0 amide bonds. The van der Waals surface area contributed by atoms with E-state index >= 15 is 0 Å². The van der Waals surface area contributed by atoms with Gasteiger partial charge in [-0.25, -0.2) is 0 Å². The molecule has 1 saturated carbocycles. The Kier molecular flexibility index (Phi) is 2.87. The molecular formula is C10H17F3O. The standard InChI is InChI=1S/C10H17F3O/c1-3-8(2)4-6-9(14,7-5-8)10(11,12)13/h14H,3-7H2,1-2H3. The smallest absolute Gasteiger partial charge is 0.380 e. The van der Waals surface area contributed by atoms with Gasteiger partial charge in [0, 0.05) is 0 Å². The van der Waals surface area contributed by atoms with Crippen molar-refractivity contribution >= 4 is 0 Å². The zero-order chi connectivity index (χ0) is 11.0. The molecule has 0 aromatic carbocycles. The number of rotatable bonds is 1. The number of hydrogen-bond donors (Lipinski definition) is 1. The van der Waals surface area contributed by atoms with E-state index in [4.69, 9.17) is 0 Å². The van der Waals surface area contributed by atoms with Crippen LogP contribution in [0.25, 0.3) is 0 Å². The summed E-state index contributed by atoms with van der Waals surface area (Å²) in [5.41, 5.74) is -2.45. The molecule has 0 aliphatic heterocycles. The summed E-state index contributed by atoms with van der Waals surface area (Å²) < 4.78 is 37.3. The number of aliphatic hydroxyl groups is 1. The molecule has 0 aromatic rings. The zero-order valence-electron chi connectivity index (χ0n) is 8.62. The molecule has 84 valence electrons. The van der Waals surface area contributed by atoms with Gasteiger partial charge < -0.3 is 5.11 Å². The molecular weight excluding hydrogens is 193 g/mol. The van der Waals surface area contributed by atoms with Crippen molar-refractivity contribution < 1.29 is 18.3 Å². The zero-order valence-corrected chi connectivity index (χ0v) is 8.62. The first-order valence-corrected chi connectivity index (χ1v) is 5.02. The first kappa shape index (κ1) is 11.8. The maximum Gasteiger partial charge on any atom is 0.417 e. The third-order valence-electron chi connectivity index (χ3n) is 3.67. The van der Waals surface area contributed by atoms with E-state index in [0.717, 1.165) is 6.42 Å². The summed E-state index contributed by atoms with van der Waals surface area (Å²) >= 11 is 0. The Bertz CT molecular complexity index is 202. The second-order valence-corrected chi connectivity index (χ2v) is 4.69. The van der Waals surface area contributed by atoms with Crippen LogP contribution in [0.5, 0.6) is 0 Å². The molecule has 1 rings (SSSR count). The van der Waals surface area contributed by atoms with Crippen LogP contribution >= 0.6 is 0 Å². The van der Waals surface area contributed by atoms with E-state index in [1.165, 1.54) is 0 Å². The molecule has 0 saturated heterocycles. The summed E-state index contributed by atoms with van der Waals surface area (Å²) in [6.07, 6.45) is -2.98. The molecule has 0 aromatic heterocycles. The van der Waals surface area contributed by atoms with Gasteiger partial charge >= 0.3 is 6.18 Å². The monoisotopic (exact) mass is 210 g/mol. The van der Waals surface area contributed by atoms with Gasteiger partial charge in [0.1, 0.15) is 0 Å². The van der Waals surface area contributed by atoms with E-state index in [1.54, 1.807) is 0 Å². The van der Waals surface area contributed by atoms with Crippen LogP contribution in [0.2, 0.25) is 0 Å². The van der Waals surface area contributed by atoms with Crippen LogP contribution < -0.4 is 0 Å². The highest BCUT2D eigenvalue weighted by Gasteiger charge is 2.55. The third kappa shape index (κ3) is 2.05. The Labute approximate surface area is 82.3 Å².